The van der Waals surface area contributed by atoms with Crippen LogP contribution in [0.1, 0.15) is 17.3 Å². The van der Waals surface area contributed by atoms with Gasteiger partial charge in [0, 0.05) is 28.8 Å². The Morgan fingerprint density at radius 1 is 1.26 bits per heavy atom. The summed E-state index contributed by atoms with van der Waals surface area (Å²) in [4.78, 5) is 4.36. The molecule has 0 aliphatic heterocycles. The normalized spacial score (nSPS) is 12.4. The van der Waals surface area contributed by atoms with E-state index in [1.165, 1.54) is 6.07 Å². The van der Waals surface area contributed by atoms with Gasteiger partial charge in [0.2, 0.25) is 0 Å². The number of halogens is 3. The summed E-state index contributed by atoms with van der Waals surface area (Å²) in [6, 6.07) is 9.11. The number of nitrogens with zero attached hydrogens (tertiary/aromatic N) is 1. The summed E-state index contributed by atoms with van der Waals surface area (Å²) < 4.78 is 14.7. The molecule has 0 saturated heterocycles. The number of pyridine rings is 1. The van der Waals surface area contributed by atoms with Crippen molar-refractivity contribution < 1.29 is 4.39 Å². The topological polar surface area (TPSA) is 24.9 Å². The molecule has 0 saturated carbocycles. The molecule has 1 atom stereocenters. The van der Waals surface area contributed by atoms with Crippen molar-refractivity contribution >= 4 is 31.9 Å². The van der Waals surface area contributed by atoms with Gasteiger partial charge in [0.25, 0.3) is 0 Å². The Labute approximate surface area is 128 Å². The first-order valence-electron chi connectivity index (χ1n) is 5.83. The van der Waals surface area contributed by atoms with Gasteiger partial charge in [-0.15, -0.1) is 0 Å². The van der Waals surface area contributed by atoms with Crippen LogP contribution in [0, 0.1) is 5.82 Å². The van der Waals surface area contributed by atoms with E-state index in [9.17, 15) is 4.39 Å². The molecule has 1 aromatic carbocycles. The summed E-state index contributed by atoms with van der Waals surface area (Å²) in [5.74, 6) is -0.250. The maximum Gasteiger partial charge on any atom is 0.137 e. The standard InChI is InChI=1S/C14H13Br2FN2/c1-18-14(7-11-4-3-10(15)8-19-11)9-2-5-13(17)12(16)6-9/h2-6,8,14,18H,7H2,1H3. The molecule has 5 heteroatoms. The Morgan fingerprint density at radius 2 is 2.05 bits per heavy atom. The monoisotopic (exact) mass is 386 g/mol. The molecule has 0 aliphatic carbocycles. The van der Waals surface area contributed by atoms with E-state index >= 15 is 0 Å². The van der Waals surface area contributed by atoms with Gasteiger partial charge in [0.05, 0.1) is 4.47 Å². The summed E-state index contributed by atoms with van der Waals surface area (Å²) in [6.45, 7) is 0. The van der Waals surface area contributed by atoms with Crippen LogP contribution >= 0.6 is 31.9 Å². The number of hydrogen-bond donors (Lipinski definition) is 1. The third-order valence-electron chi connectivity index (χ3n) is 2.90. The maximum absolute atomic E-state index is 13.3. The van der Waals surface area contributed by atoms with Gasteiger partial charge in [0.1, 0.15) is 5.82 Å². The largest absolute Gasteiger partial charge is 0.313 e. The molecule has 0 fully saturated rings. The van der Waals surface area contributed by atoms with Gasteiger partial charge in [0.15, 0.2) is 0 Å². The molecule has 1 heterocycles. The maximum atomic E-state index is 13.3. The number of hydrogen-bond acceptors (Lipinski definition) is 2. The van der Waals surface area contributed by atoms with Gasteiger partial charge in [-0.2, -0.15) is 0 Å². The number of likely N-dealkylation sites (N-methyl/N-ethyl adjacent to an activating group) is 1. The van der Waals surface area contributed by atoms with Crippen LogP contribution in [0.3, 0.4) is 0 Å². The Hall–Kier alpha value is -0.780. The first kappa shape index (κ1) is 14.6. The van der Waals surface area contributed by atoms with Gasteiger partial charge < -0.3 is 5.32 Å². The lowest BCUT2D eigenvalue weighted by atomic mass is 10.0. The molecule has 2 nitrogen and oxygen atoms in total. The number of rotatable bonds is 4. The Morgan fingerprint density at radius 3 is 2.63 bits per heavy atom. The smallest absolute Gasteiger partial charge is 0.137 e. The van der Waals surface area contributed by atoms with Crippen molar-refractivity contribution in [2.45, 2.75) is 12.5 Å². The van der Waals surface area contributed by atoms with Crippen LogP contribution < -0.4 is 5.32 Å². The molecule has 100 valence electrons. The zero-order valence-electron chi connectivity index (χ0n) is 10.3. The van der Waals surface area contributed by atoms with Crippen LogP contribution in [0.15, 0.2) is 45.5 Å². The van der Waals surface area contributed by atoms with E-state index in [0.717, 1.165) is 22.2 Å². The fraction of sp³-hybridized carbons (Fsp3) is 0.214. The molecule has 1 unspecified atom stereocenters. The molecule has 1 aromatic heterocycles. The molecular weight excluding hydrogens is 375 g/mol. The SMILES string of the molecule is CNC(Cc1ccc(Br)cn1)c1ccc(F)c(Br)c1. The van der Waals surface area contributed by atoms with Gasteiger partial charge >= 0.3 is 0 Å². The molecule has 2 aromatic rings. The van der Waals surface area contributed by atoms with Gasteiger partial charge in [-0.3, -0.25) is 4.98 Å². The van der Waals surface area contributed by atoms with Crippen LogP contribution in [0.2, 0.25) is 0 Å². The zero-order chi connectivity index (χ0) is 13.8. The quantitative estimate of drug-likeness (QED) is 0.848. The number of benzene rings is 1. The van der Waals surface area contributed by atoms with E-state index in [-0.39, 0.29) is 11.9 Å². The highest BCUT2D eigenvalue weighted by molar-refractivity contribution is 9.10. The lowest BCUT2D eigenvalue weighted by molar-refractivity contribution is 0.577. The molecule has 0 bridgehead atoms. The highest BCUT2D eigenvalue weighted by atomic mass is 79.9. The van der Waals surface area contributed by atoms with E-state index in [0.29, 0.717) is 4.47 Å². The first-order chi connectivity index (χ1) is 9.10. The summed E-state index contributed by atoms with van der Waals surface area (Å²) in [7, 11) is 1.89. The molecule has 1 N–H and O–H groups in total. The molecule has 19 heavy (non-hydrogen) atoms. The highest BCUT2D eigenvalue weighted by Crippen LogP contribution is 2.23. The van der Waals surface area contributed by atoms with Crippen molar-refractivity contribution in [3.05, 3.63) is 62.5 Å². The third kappa shape index (κ3) is 3.84. The Kier molecular flexibility index (Phi) is 5.07. The molecule has 2 rings (SSSR count). The zero-order valence-corrected chi connectivity index (χ0v) is 13.5. The van der Waals surface area contributed by atoms with E-state index in [1.54, 1.807) is 18.3 Å². The predicted octanol–water partition coefficient (Wildman–Crippen LogP) is 4.25. The second kappa shape index (κ2) is 6.59. The van der Waals surface area contributed by atoms with E-state index in [4.69, 9.17) is 0 Å². The minimum absolute atomic E-state index is 0.102. The molecule has 0 amide bonds. The highest BCUT2D eigenvalue weighted by Gasteiger charge is 2.12. The summed E-state index contributed by atoms with van der Waals surface area (Å²) in [5, 5.41) is 3.23. The second-order valence-corrected chi connectivity index (χ2v) is 5.96. The lowest BCUT2D eigenvalue weighted by Gasteiger charge is -2.16. The van der Waals surface area contributed by atoms with E-state index in [2.05, 4.69) is 42.2 Å². The van der Waals surface area contributed by atoms with Gasteiger partial charge in [-0.05, 0) is 68.7 Å². The number of nitrogens with one attached hydrogen (secondary N) is 1. The lowest BCUT2D eigenvalue weighted by Crippen LogP contribution is -2.19. The van der Waals surface area contributed by atoms with E-state index in [1.807, 2.05) is 19.2 Å². The van der Waals surface area contributed by atoms with Crippen molar-refractivity contribution in [1.29, 1.82) is 0 Å². The van der Waals surface area contributed by atoms with E-state index < -0.39 is 0 Å². The minimum Gasteiger partial charge on any atom is -0.313 e. The predicted molar refractivity (Wildman–Crippen MR) is 81.5 cm³/mol. The van der Waals surface area contributed by atoms with Crippen LogP contribution in [0.5, 0.6) is 0 Å². The molecule has 0 radical (unpaired) electrons. The fourth-order valence-electron chi connectivity index (χ4n) is 1.85. The van der Waals surface area contributed by atoms with Crippen molar-refractivity contribution in [3.8, 4) is 0 Å². The molecular formula is C14H13Br2FN2. The van der Waals surface area contributed by atoms with Crippen LogP contribution in [0.25, 0.3) is 0 Å². The summed E-state index contributed by atoms with van der Waals surface area (Å²) in [6.07, 6.45) is 2.53. The first-order valence-corrected chi connectivity index (χ1v) is 7.41. The van der Waals surface area contributed by atoms with Crippen molar-refractivity contribution in [1.82, 2.24) is 10.3 Å². The summed E-state index contributed by atoms with van der Waals surface area (Å²) in [5.41, 5.74) is 2.02. The fourth-order valence-corrected chi connectivity index (χ4v) is 2.48. The van der Waals surface area contributed by atoms with Crippen LogP contribution in [-0.4, -0.2) is 12.0 Å². The second-order valence-electron chi connectivity index (χ2n) is 4.19. The average Bonchev–Trinajstić information content (AvgIpc) is 2.41. The minimum atomic E-state index is -0.250. The van der Waals surface area contributed by atoms with Gasteiger partial charge in [-0.25, -0.2) is 4.39 Å². The Bertz CT molecular complexity index is 558. The third-order valence-corrected chi connectivity index (χ3v) is 3.97. The average molecular weight is 388 g/mol. The Balaban J connectivity index is 2.19. The van der Waals surface area contributed by atoms with Crippen molar-refractivity contribution in [2.24, 2.45) is 0 Å². The van der Waals surface area contributed by atoms with Crippen LogP contribution in [0.4, 0.5) is 4.39 Å². The van der Waals surface area contributed by atoms with Crippen molar-refractivity contribution in [3.63, 3.8) is 0 Å². The van der Waals surface area contributed by atoms with Crippen molar-refractivity contribution in [2.75, 3.05) is 7.05 Å². The molecule has 0 aliphatic rings. The van der Waals surface area contributed by atoms with Crippen LogP contribution in [-0.2, 0) is 6.42 Å². The van der Waals surface area contributed by atoms with Gasteiger partial charge in [-0.1, -0.05) is 6.07 Å². The number of aromatic nitrogens is 1. The summed E-state index contributed by atoms with van der Waals surface area (Å²) >= 11 is 6.58. The molecule has 0 spiro atoms.